The van der Waals surface area contributed by atoms with Gasteiger partial charge in [0.25, 0.3) is 0 Å². The minimum atomic E-state index is -0.213. The Morgan fingerprint density at radius 1 is 1.11 bits per heavy atom. The van der Waals surface area contributed by atoms with E-state index in [9.17, 15) is 14.7 Å². The number of benzene rings is 2. The molecular formula is C21H21BrN2O3. The van der Waals surface area contributed by atoms with Gasteiger partial charge in [0.1, 0.15) is 0 Å². The van der Waals surface area contributed by atoms with Crippen LogP contribution in [0.15, 0.2) is 59.1 Å². The molecule has 2 aromatic rings. The maximum Gasteiger partial charge on any atom is 0.242 e. The molecule has 0 radical (unpaired) electrons. The lowest BCUT2D eigenvalue weighted by molar-refractivity contribution is -0.166. The molecule has 2 amide bonds. The Labute approximate surface area is 166 Å². The fourth-order valence-corrected chi connectivity index (χ4v) is 4.52. The topological polar surface area (TPSA) is 60.9 Å². The molecule has 0 saturated carbocycles. The molecule has 2 aliphatic heterocycles. The molecule has 0 unspecified atom stereocenters. The Bertz CT molecular complexity index is 840. The molecule has 140 valence electrons. The summed E-state index contributed by atoms with van der Waals surface area (Å²) in [5.41, 5.74) is 2.03. The number of hydrogen-bond acceptors (Lipinski definition) is 3. The van der Waals surface area contributed by atoms with E-state index in [1.165, 1.54) is 0 Å². The van der Waals surface area contributed by atoms with Crippen molar-refractivity contribution in [2.24, 2.45) is 0 Å². The Morgan fingerprint density at radius 3 is 2.48 bits per heavy atom. The highest BCUT2D eigenvalue weighted by Gasteiger charge is 2.54. The second-order valence-corrected chi connectivity index (χ2v) is 8.05. The van der Waals surface area contributed by atoms with Crippen LogP contribution in [0.5, 0.6) is 0 Å². The predicted octanol–water partition coefficient (Wildman–Crippen LogP) is 2.19. The first-order valence-electron chi connectivity index (χ1n) is 9.07. The third-order valence-electron chi connectivity index (χ3n) is 5.56. The van der Waals surface area contributed by atoms with E-state index in [0.29, 0.717) is 13.0 Å². The van der Waals surface area contributed by atoms with E-state index in [0.717, 1.165) is 15.6 Å². The Hall–Kier alpha value is -2.18. The summed E-state index contributed by atoms with van der Waals surface area (Å²) in [5.74, 6) is -0.0735. The maximum absolute atomic E-state index is 12.7. The van der Waals surface area contributed by atoms with Crippen LogP contribution in [0.4, 0.5) is 0 Å². The van der Waals surface area contributed by atoms with Crippen LogP contribution in [0.2, 0.25) is 0 Å². The molecule has 2 fully saturated rings. The lowest BCUT2D eigenvalue weighted by atomic mass is 9.73. The largest absolute Gasteiger partial charge is 0.394 e. The zero-order valence-corrected chi connectivity index (χ0v) is 16.4. The third kappa shape index (κ3) is 3.39. The number of halogens is 1. The Balaban J connectivity index is 1.52. The van der Waals surface area contributed by atoms with Gasteiger partial charge in [-0.05, 0) is 23.3 Å². The summed E-state index contributed by atoms with van der Waals surface area (Å²) in [6, 6.07) is 17.3. The van der Waals surface area contributed by atoms with Gasteiger partial charge in [0.05, 0.1) is 31.7 Å². The normalized spacial score (nSPS) is 24.4. The van der Waals surface area contributed by atoms with E-state index in [2.05, 4.69) is 15.9 Å². The lowest BCUT2D eigenvalue weighted by Gasteiger charge is -2.58. The zero-order chi connectivity index (χ0) is 19.0. The Kier molecular flexibility index (Phi) is 5.02. The van der Waals surface area contributed by atoms with Gasteiger partial charge in [-0.2, -0.15) is 0 Å². The van der Waals surface area contributed by atoms with Crippen LogP contribution in [0.25, 0.3) is 0 Å². The van der Waals surface area contributed by atoms with Crippen molar-refractivity contribution in [3.8, 4) is 0 Å². The van der Waals surface area contributed by atoms with E-state index >= 15 is 0 Å². The van der Waals surface area contributed by atoms with Gasteiger partial charge in [-0.3, -0.25) is 9.59 Å². The molecule has 5 nitrogen and oxygen atoms in total. The summed E-state index contributed by atoms with van der Waals surface area (Å²) < 4.78 is 0.988. The third-order valence-corrected chi connectivity index (χ3v) is 6.09. The van der Waals surface area contributed by atoms with Crippen LogP contribution in [0, 0.1) is 0 Å². The van der Waals surface area contributed by atoms with Gasteiger partial charge >= 0.3 is 0 Å². The molecule has 27 heavy (non-hydrogen) atoms. The molecule has 2 saturated heterocycles. The standard InChI is InChI=1S/C21H21BrN2O3/c22-16-8-6-15(7-9-16)21-17-11-23(12-20(27)24(17)18(21)13-25)19(26)10-14-4-2-1-3-5-14/h1-9,17-18,21,25H,10-13H2/t17-,18+,21-/m1/s1. The van der Waals surface area contributed by atoms with Crippen molar-refractivity contribution >= 4 is 27.7 Å². The van der Waals surface area contributed by atoms with Crippen LogP contribution in [-0.4, -0.2) is 58.5 Å². The molecule has 6 heteroatoms. The monoisotopic (exact) mass is 428 g/mol. The molecule has 2 heterocycles. The first-order valence-corrected chi connectivity index (χ1v) is 9.87. The van der Waals surface area contributed by atoms with Gasteiger partial charge < -0.3 is 14.9 Å². The van der Waals surface area contributed by atoms with E-state index < -0.39 is 0 Å². The first kappa shape index (κ1) is 18.2. The van der Waals surface area contributed by atoms with Crippen molar-refractivity contribution in [3.63, 3.8) is 0 Å². The minimum Gasteiger partial charge on any atom is -0.394 e. The number of aliphatic hydroxyl groups is 1. The molecule has 4 rings (SSSR count). The van der Waals surface area contributed by atoms with Crippen molar-refractivity contribution < 1.29 is 14.7 Å². The number of carbonyl (C=O) groups is 2. The lowest BCUT2D eigenvalue weighted by Crippen LogP contribution is -2.73. The van der Waals surface area contributed by atoms with Crippen molar-refractivity contribution in [1.82, 2.24) is 9.80 Å². The van der Waals surface area contributed by atoms with Gasteiger partial charge in [0, 0.05) is 16.9 Å². The van der Waals surface area contributed by atoms with Gasteiger partial charge in [-0.25, -0.2) is 0 Å². The number of hydrogen-bond donors (Lipinski definition) is 1. The van der Waals surface area contributed by atoms with E-state index in [-0.39, 0.29) is 43.0 Å². The molecule has 0 spiro atoms. The van der Waals surface area contributed by atoms with Crippen molar-refractivity contribution in [2.45, 2.75) is 24.4 Å². The predicted molar refractivity (Wildman–Crippen MR) is 105 cm³/mol. The molecule has 0 aromatic heterocycles. The van der Waals surface area contributed by atoms with Gasteiger partial charge in [0.2, 0.25) is 11.8 Å². The number of nitrogens with zero attached hydrogens (tertiary/aromatic N) is 2. The quantitative estimate of drug-likeness (QED) is 0.811. The summed E-state index contributed by atoms with van der Waals surface area (Å²) in [4.78, 5) is 28.8. The van der Waals surface area contributed by atoms with Gasteiger partial charge in [-0.1, -0.05) is 58.4 Å². The fourth-order valence-electron chi connectivity index (χ4n) is 4.26. The summed E-state index contributed by atoms with van der Waals surface area (Å²) in [7, 11) is 0. The van der Waals surface area contributed by atoms with E-state index in [4.69, 9.17) is 0 Å². The number of piperazine rings is 1. The summed E-state index contributed by atoms with van der Waals surface area (Å²) >= 11 is 3.44. The van der Waals surface area contributed by atoms with E-state index in [1.54, 1.807) is 9.80 Å². The summed E-state index contributed by atoms with van der Waals surface area (Å²) in [5, 5.41) is 9.82. The van der Waals surface area contributed by atoms with Crippen LogP contribution < -0.4 is 0 Å². The van der Waals surface area contributed by atoms with Crippen molar-refractivity contribution in [2.75, 3.05) is 19.7 Å². The number of carbonyl (C=O) groups excluding carboxylic acids is 2. The van der Waals surface area contributed by atoms with Gasteiger partial charge in [-0.15, -0.1) is 0 Å². The molecule has 0 bridgehead atoms. The van der Waals surface area contributed by atoms with E-state index in [1.807, 2.05) is 54.6 Å². The number of amides is 2. The highest BCUT2D eigenvalue weighted by Crippen LogP contribution is 2.43. The second-order valence-electron chi connectivity index (χ2n) is 7.13. The Morgan fingerprint density at radius 2 is 1.81 bits per heavy atom. The van der Waals surface area contributed by atoms with Crippen LogP contribution in [0.1, 0.15) is 17.0 Å². The van der Waals surface area contributed by atoms with Crippen LogP contribution in [0.3, 0.4) is 0 Å². The van der Waals surface area contributed by atoms with Crippen LogP contribution in [-0.2, 0) is 16.0 Å². The average molecular weight is 429 g/mol. The molecule has 2 aromatic carbocycles. The SMILES string of the molecule is O=C(Cc1ccccc1)N1CC(=O)N2[C@H](C1)[C@@H](c1ccc(Br)cc1)[C@@H]2CO. The summed E-state index contributed by atoms with van der Waals surface area (Å²) in [6.07, 6.45) is 0.299. The summed E-state index contributed by atoms with van der Waals surface area (Å²) in [6.45, 7) is 0.529. The second kappa shape index (κ2) is 7.44. The minimum absolute atomic E-state index is 0.0313. The molecule has 1 N–H and O–H groups in total. The first-order chi connectivity index (χ1) is 13.1. The zero-order valence-electron chi connectivity index (χ0n) is 14.8. The maximum atomic E-state index is 12.7. The molecule has 0 aliphatic carbocycles. The number of rotatable bonds is 4. The number of aliphatic hydroxyl groups excluding tert-OH is 1. The van der Waals surface area contributed by atoms with Crippen molar-refractivity contribution in [3.05, 3.63) is 70.2 Å². The molecular weight excluding hydrogens is 408 g/mol. The number of fused-ring (bicyclic) bond motifs is 1. The molecule has 3 atom stereocenters. The highest BCUT2D eigenvalue weighted by molar-refractivity contribution is 9.10. The average Bonchev–Trinajstić information content (AvgIpc) is 2.65. The highest BCUT2D eigenvalue weighted by atomic mass is 79.9. The van der Waals surface area contributed by atoms with Crippen molar-refractivity contribution in [1.29, 1.82) is 0 Å². The molecule has 2 aliphatic rings. The van der Waals surface area contributed by atoms with Crippen LogP contribution >= 0.6 is 15.9 Å². The van der Waals surface area contributed by atoms with Gasteiger partial charge in [0.15, 0.2) is 0 Å². The fraction of sp³-hybridized carbons (Fsp3) is 0.333. The smallest absolute Gasteiger partial charge is 0.242 e.